The fraction of sp³-hybridized carbons (Fsp3) is 0.533. The second-order valence-electron chi connectivity index (χ2n) is 5.38. The minimum Gasteiger partial charge on any atom is -0.298 e. The van der Waals surface area contributed by atoms with Crippen LogP contribution in [0.5, 0.6) is 0 Å². The van der Waals surface area contributed by atoms with E-state index in [0.29, 0.717) is 12.5 Å². The van der Waals surface area contributed by atoms with Gasteiger partial charge in [-0.25, -0.2) is 0 Å². The Morgan fingerprint density at radius 2 is 2.00 bits per heavy atom. The average molecular weight is 264 g/mol. The van der Waals surface area contributed by atoms with Crippen LogP contribution in [0.2, 0.25) is 0 Å². The van der Waals surface area contributed by atoms with Gasteiger partial charge in [0.05, 0.1) is 0 Å². The molecule has 0 amide bonds. The van der Waals surface area contributed by atoms with Gasteiger partial charge in [0, 0.05) is 25.0 Å². The summed E-state index contributed by atoms with van der Waals surface area (Å²) in [4.78, 5) is 14.3. The molecular weight excluding hydrogens is 246 g/mol. The third-order valence-electron chi connectivity index (χ3n) is 4.22. The maximum atomic E-state index is 11.8. The summed E-state index contributed by atoms with van der Waals surface area (Å²) in [6, 6.07) is 11.1. The van der Waals surface area contributed by atoms with Crippen molar-refractivity contribution < 1.29 is 4.79 Å². The van der Waals surface area contributed by atoms with Gasteiger partial charge in [0.15, 0.2) is 5.78 Å². The van der Waals surface area contributed by atoms with Gasteiger partial charge in [-0.2, -0.15) is 0 Å². The van der Waals surface area contributed by atoms with Crippen LogP contribution in [0.25, 0.3) is 0 Å². The van der Waals surface area contributed by atoms with Gasteiger partial charge in [-0.3, -0.25) is 9.69 Å². The predicted molar refractivity (Wildman–Crippen MR) is 72.7 cm³/mol. The number of carbonyl (C=O) groups is 1. The molecule has 0 aliphatic carbocycles. The lowest BCUT2D eigenvalue weighted by Gasteiger charge is -2.47. The molecule has 0 N–H and O–H groups in total. The molecular formula is C15H18ClNO. The topological polar surface area (TPSA) is 20.3 Å². The molecule has 3 heteroatoms. The first kappa shape index (κ1) is 12.2. The third-order valence-corrected chi connectivity index (χ3v) is 4.76. The largest absolute Gasteiger partial charge is 0.298 e. The van der Waals surface area contributed by atoms with E-state index < -0.39 is 0 Å². The van der Waals surface area contributed by atoms with Crippen LogP contribution >= 0.6 is 11.6 Å². The van der Waals surface area contributed by atoms with Crippen LogP contribution in [0.4, 0.5) is 0 Å². The van der Waals surface area contributed by atoms with E-state index in [2.05, 4.69) is 29.2 Å². The van der Waals surface area contributed by atoms with E-state index in [1.165, 1.54) is 12.0 Å². The Labute approximate surface area is 113 Å². The van der Waals surface area contributed by atoms with Crippen LogP contribution in [0.3, 0.4) is 0 Å². The van der Waals surface area contributed by atoms with Crippen LogP contribution in [-0.4, -0.2) is 28.1 Å². The smallest absolute Gasteiger partial charge is 0.153 e. The highest BCUT2D eigenvalue weighted by atomic mass is 35.5. The summed E-state index contributed by atoms with van der Waals surface area (Å²) in [5.41, 5.74) is 1.31. The highest BCUT2D eigenvalue weighted by Crippen LogP contribution is 2.35. The molecule has 2 heterocycles. The van der Waals surface area contributed by atoms with E-state index >= 15 is 0 Å². The molecule has 0 saturated carbocycles. The monoisotopic (exact) mass is 263 g/mol. The molecule has 0 spiro atoms. The van der Waals surface area contributed by atoms with Crippen molar-refractivity contribution in [2.45, 2.75) is 49.7 Å². The van der Waals surface area contributed by atoms with Crippen LogP contribution in [0.15, 0.2) is 30.3 Å². The minimum atomic E-state index is -0.301. The van der Waals surface area contributed by atoms with Gasteiger partial charge in [-0.15, -0.1) is 11.6 Å². The Morgan fingerprint density at radius 3 is 2.78 bits per heavy atom. The van der Waals surface area contributed by atoms with Crippen LogP contribution in [0.1, 0.15) is 31.2 Å². The number of nitrogens with zero attached hydrogens (tertiary/aromatic N) is 1. The van der Waals surface area contributed by atoms with Crippen LogP contribution < -0.4 is 0 Å². The quantitative estimate of drug-likeness (QED) is 0.765. The number of hydrogen-bond acceptors (Lipinski definition) is 2. The van der Waals surface area contributed by atoms with E-state index in [0.717, 1.165) is 19.4 Å². The molecule has 2 nitrogen and oxygen atoms in total. The molecule has 0 aromatic heterocycles. The summed E-state index contributed by atoms with van der Waals surface area (Å²) in [5.74, 6) is 0.246. The van der Waals surface area contributed by atoms with Crippen molar-refractivity contribution in [3.05, 3.63) is 35.9 Å². The molecule has 1 aromatic rings. The Hall–Kier alpha value is -0.860. The summed E-state index contributed by atoms with van der Waals surface area (Å²) in [7, 11) is 0. The number of halogens is 1. The lowest BCUT2D eigenvalue weighted by molar-refractivity contribution is -0.126. The Kier molecular flexibility index (Phi) is 3.40. The number of carbonyl (C=O) groups excluding carboxylic acids is 1. The van der Waals surface area contributed by atoms with E-state index in [1.807, 2.05) is 6.07 Å². The number of fused-ring (bicyclic) bond motifs is 2. The van der Waals surface area contributed by atoms with Crippen molar-refractivity contribution in [2.24, 2.45) is 0 Å². The van der Waals surface area contributed by atoms with Gasteiger partial charge >= 0.3 is 0 Å². The van der Waals surface area contributed by atoms with Gasteiger partial charge in [0.25, 0.3) is 0 Å². The molecule has 3 unspecified atom stereocenters. The highest BCUT2D eigenvalue weighted by molar-refractivity contribution is 6.32. The van der Waals surface area contributed by atoms with Gasteiger partial charge < -0.3 is 0 Å². The summed E-state index contributed by atoms with van der Waals surface area (Å²) >= 11 is 6.30. The van der Waals surface area contributed by atoms with E-state index in [1.54, 1.807) is 0 Å². The number of alkyl halides is 1. The third kappa shape index (κ3) is 2.19. The maximum Gasteiger partial charge on any atom is 0.153 e. The molecule has 2 aliphatic rings. The number of piperidine rings is 2. The number of benzene rings is 1. The van der Waals surface area contributed by atoms with E-state index in [9.17, 15) is 4.79 Å². The molecule has 3 rings (SSSR count). The lowest BCUT2D eigenvalue weighted by Crippen LogP contribution is -2.57. The number of ketones is 1. The average Bonchev–Trinajstić information content (AvgIpc) is 2.39. The fourth-order valence-corrected chi connectivity index (χ4v) is 3.66. The molecule has 2 saturated heterocycles. The lowest BCUT2D eigenvalue weighted by atomic mass is 9.83. The Bertz CT molecular complexity index is 433. The number of Topliss-reactive ketones (excluding diaryl/α,β-unsaturated/α-hetero) is 1. The first-order valence-corrected chi connectivity index (χ1v) is 7.16. The first-order valence-electron chi connectivity index (χ1n) is 6.72. The molecule has 2 fully saturated rings. The van der Waals surface area contributed by atoms with Crippen molar-refractivity contribution >= 4 is 17.4 Å². The number of hydrogen-bond donors (Lipinski definition) is 0. The van der Waals surface area contributed by atoms with Crippen molar-refractivity contribution in [3.63, 3.8) is 0 Å². The molecule has 0 radical (unpaired) electrons. The van der Waals surface area contributed by atoms with Crippen molar-refractivity contribution in [1.82, 2.24) is 4.90 Å². The van der Waals surface area contributed by atoms with Gasteiger partial charge in [0.2, 0.25) is 0 Å². The molecule has 96 valence electrons. The van der Waals surface area contributed by atoms with Crippen molar-refractivity contribution in [1.29, 1.82) is 0 Å². The Balaban J connectivity index is 1.81. The second-order valence-corrected chi connectivity index (χ2v) is 5.85. The highest BCUT2D eigenvalue weighted by Gasteiger charge is 2.43. The zero-order chi connectivity index (χ0) is 12.5. The van der Waals surface area contributed by atoms with Gasteiger partial charge in [-0.1, -0.05) is 36.8 Å². The predicted octanol–water partition coefficient (Wildman–Crippen LogP) is 2.99. The molecule has 2 bridgehead atoms. The fourth-order valence-electron chi connectivity index (χ4n) is 3.30. The summed E-state index contributed by atoms with van der Waals surface area (Å²) in [5, 5.41) is -0.301. The van der Waals surface area contributed by atoms with Crippen LogP contribution in [-0.2, 0) is 11.3 Å². The SMILES string of the molecule is O=C1CC2CCCC(C1Cl)N2Cc1ccccc1. The molecule has 18 heavy (non-hydrogen) atoms. The molecule has 3 atom stereocenters. The zero-order valence-corrected chi connectivity index (χ0v) is 11.1. The van der Waals surface area contributed by atoms with Gasteiger partial charge in [-0.05, 0) is 18.4 Å². The van der Waals surface area contributed by atoms with Crippen molar-refractivity contribution in [3.8, 4) is 0 Å². The summed E-state index contributed by atoms with van der Waals surface area (Å²) in [6.45, 7) is 0.923. The summed E-state index contributed by atoms with van der Waals surface area (Å²) in [6.07, 6.45) is 4.04. The normalized spacial score (nSPS) is 32.5. The zero-order valence-electron chi connectivity index (χ0n) is 10.4. The van der Waals surface area contributed by atoms with Crippen LogP contribution in [0, 0.1) is 0 Å². The second kappa shape index (κ2) is 5.02. The first-order chi connectivity index (χ1) is 8.75. The standard InChI is InChI=1S/C15H18ClNO/c16-15-13-8-4-7-12(9-14(15)18)17(13)10-11-5-2-1-3-6-11/h1-3,5-6,12-13,15H,4,7-10H2. The van der Waals surface area contributed by atoms with Gasteiger partial charge in [0.1, 0.15) is 5.38 Å². The minimum absolute atomic E-state index is 0.242. The molecule has 2 aliphatic heterocycles. The number of rotatable bonds is 2. The van der Waals surface area contributed by atoms with E-state index in [-0.39, 0.29) is 17.2 Å². The maximum absolute atomic E-state index is 11.8. The van der Waals surface area contributed by atoms with E-state index in [4.69, 9.17) is 11.6 Å². The molecule has 1 aromatic carbocycles. The Morgan fingerprint density at radius 1 is 1.22 bits per heavy atom. The summed E-state index contributed by atoms with van der Waals surface area (Å²) < 4.78 is 0. The van der Waals surface area contributed by atoms with Crippen molar-refractivity contribution in [2.75, 3.05) is 0 Å².